The number of fused-ring (bicyclic) bond motifs is 5. The Morgan fingerprint density at radius 2 is 0.676 bits per heavy atom. The molecule has 11 atom stereocenters. The average Bonchev–Trinajstić information content (AvgIpc) is 0.794. The molecule has 766 valence electrons. The maximum absolute atomic E-state index is 13.4. The normalized spacial score (nSPS) is 18.7. The number of methoxy groups -OCH3 is 2. The summed E-state index contributed by atoms with van der Waals surface area (Å²) >= 11 is 0. The Kier molecular flexibility index (Phi) is 46.3. The van der Waals surface area contributed by atoms with Gasteiger partial charge >= 0.3 is 42.8 Å². The Balaban J connectivity index is 0.000000252. The molecule has 12 N–H and O–H groups in total. The first-order chi connectivity index (χ1) is 65.6. The molecule has 0 aromatic heterocycles. The van der Waals surface area contributed by atoms with Gasteiger partial charge in [0.05, 0.1) is 22.3 Å². The lowest BCUT2D eigenvalue weighted by molar-refractivity contribution is -0.149. The smallest absolute Gasteiger partial charge is 0.416 e. The standard InChI is InChI=1S/3C18H17F4N.C18H19F4N.C10H12FN.2C9H10O3.C8H7F3.2ClH.H2S/c3*19-14-5-6-15-12(10-14)4-7-17(23)16(15)9-11-2-1-3-13(8-11)18(20,21)22;1-2-3-12(8-9-18(20,21)22)10-16-15-6-5-14(19)11-13(15)4-7-17(16)23;11-9-3-1-8-6-10(12)4-2-7(8)5-9;2*1-12-8(9(10)11)7-5-3-2-4-6-7;1-6-3-2-4-7(5-6)8(9,10)11;;;/h3*1-3,5-6,8,10,16-17H,4,7,9,23H2;2-3,5-6,8-9,11,16-17H,1,4,7,10,23H2;1,3,5,10H,2,4,6,12H2;2*2-6,8H,1H3,(H,10,11);2-5H,1H3;2*1H;1H2/b;;;9-8+,12-3+;;;;;;;/t;;;;;2*8-;;;;/m.....10..../s1. The molecule has 0 radical (unpaired) electrons. The highest BCUT2D eigenvalue weighted by Gasteiger charge is 2.38. The minimum atomic E-state index is -4.37. The number of alkyl halides is 15. The zero-order valence-corrected chi connectivity index (χ0v) is 80.1. The van der Waals surface area contributed by atoms with E-state index in [1.807, 2.05) is 18.2 Å². The molecule has 142 heavy (non-hydrogen) atoms. The zero-order chi connectivity index (χ0) is 102. The van der Waals surface area contributed by atoms with E-state index in [-0.39, 0.29) is 127 Å². The van der Waals surface area contributed by atoms with Gasteiger partial charge in [0.1, 0.15) is 29.1 Å². The van der Waals surface area contributed by atoms with E-state index in [4.69, 9.17) is 48.4 Å². The maximum Gasteiger partial charge on any atom is 0.416 e. The van der Waals surface area contributed by atoms with Gasteiger partial charge in [0.2, 0.25) is 0 Å². The molecule has 11 aromatic carbocycles. The number of carboxylic acids is 2. The third-order valence-corrected chi connectivity index (χ3v) is 24.4. The fourth-order valence-electron chi connectivity index (χ4n) is 17.4. The molecule has 16 rings (SSSR count). The Labute approximate surface area is 831 Å². The minimum absolute atomic E-state index is 0. The summed E-state index contributed by atoms with van der Waals surface area (Å²) in [5.41, 5.74) is 41.9. The summed E-state index contributed by atoms with van der Waals surface area (Å²) in [4.78, 5) is 21.2. The van der Waals surface area contributed by atoms with Crippen LogP contribution in [0.1, 0.15) is 186 Å². The van der Waals surface area contributed by atoms with Crippen LogP contribution in [0.2, 0.25) is 0 Å². The van der Waals surface area contributed by atoms with Crippen LogP contribution in [0.15, 0.2) is 285 Å². The molecule has 0 heterocycles. The Hall–Kier alpha value is -11.2. The first-order valence-electron chi connectivity index (χ1n) is 44.6. The van der Waals surface area contributed by atoms with Crippen molar-refractivity contribution in [2.45, 2.75) is 200 Å². The van der Waals surface area contributed by atoms with Crippen molar-refractivity contribution in [3.05, 3.63) is 426 Å². The summed E-state index contributed by atoms with van der Waals surface area (Å²) in [6.07, 6.45) is -9.07. The third-order valence-electron chi connectivity index (χ3n) is 24.4. The second kappa shape index (κ2) is 55.1. The van der Waals surface area contributed by atoms with Crippen molar-refractivity contribution in [1.29, 1.82) is 0 Å². The Morgan fingerprint density at radius 1 is 0.380 bits per heavy atom. The van der Waals surface area contributed by atoms with E-state index in [0.29, 0.717) is 116 Å². The number of hydrogen-bond donors (Lipinski definition) is 7. The number of aliphatic carboxylic acids is 2. The number of nitrogens with two attached hydrogens (primary N) is 5. The molecule has 5 aliphatic carbocycles. The fraction of sp³-hybridized carbons (Fsp3) is 0.315. The van der Waals surface area contributed by atoms with Gasteiger partial charge in [0.25, 0.3) is 0 Å². The Morgan fingerprint density at radius 3 is 0.972 bits per heavy atom. The van der Waals surface area contributed by atoms with Crippen molar-refractivity contribution in [1.82, 2.24) is 0 Å². The molecule has 0 aliphatic heterocycles. The minimum Gasteiger partial charge on any atom is -0.479 e. The number of carboxylic acid groups (broad SMARTS) is 2. The van der Waals surface area contributed by atoms with Gasteiger partial charge in [-0.1, -0.05) is 194 Å². The topological polar surface area (TPSA) is 223 Å². The summed E-state index contributed by atoms with van der Waals surface area (Å²) in [6.45, 7) is 5.17. The van der Waals surface area contributed by atoms with E-state index >= 15 is 0 Å². The van der Waals surface area contributed by atoms with Crippen molar-refractivity contribution >= 4 is 50.2 Å². The summed E-state index contributed by atoms with van der Waals surface area (Å²) in [5, 5.41) is 17.4. The van der Waals surface area contributed by atoms with Gasteiger partial charge in [0, 0.05) is 74.2 Å². The summed E-state index contributed by atoms with van der Waals surface area (Å²) in [6, 6.07) is 61.9. The summed E-state index contributed by atoms with van der Waals surface area (Å²) in [7, 11) is 2.76. The fourth-order valence-corrected chi connectivity index (χ4v) is 17.4. The molecular formula is C108H113Cl2F20N5O6S. The SMILES string of the molecule is C=C/C=C(\C=C\C(F)(F)F)CC1c2ccc(F)cc2CCC1N.CO[C@@H](C(=O)O)c1ccccc1.CO[C@H](C(=O)O)c1ccccc1.Cc1cccc(C(F)(F)F)c1.Cl.Cl.NC1CCc2cc(F)ccc2C1.NC1CCc2cc(F)ccc2C1Cc1cccc(C(F)(F)F)c1.NC1CCc2cc(F)ccc2C1Cc1cccc(C(F)(F)F)c1.NC1CCc2cc(F)ccc2C1Cc1cccc(C(F)(F)F)c1.S. The lowest BCUT2D eigenvalue weighted by atomic mass is 9.76. The predicted octanol–water partition coefficient (Wildman–Crippen LogP) is 26.7. The van der Waals surface area contributed by atoms with Crippen molar-refractivity contribution in [2.75, 3.05) is 14.2 Å². The maximum atomic E-state index is 13.4. The monoisotopic (exact) mass is 2060 g/mol. The molecule has 0 spiro atoms. The van der Waals surface area contributed by atoms with Crippen LogP contribution in [0, 0.1) is 36.0 Å². The number of carbonyl (C=O) groups is 2. The molecule has 0 fully saturated rings. The van der Waals surface area contributed by atoms with Gasteiger partial charge in [-0.2, -0.15) is 79.4 Å². The molecule has 34 heteroatoms. The van der Waals surface area contributed by atoms with Gasteiger partial charge in [-0.3, -0.25) is 0 Å². The lowest BCUT2D eigenvalue weighted by Gasteiger charge is -2.31. The van der Waals surface area contributed by atoms with E-state index in [1.54, 1.807) is 116 Å². The lowest BCUT2D eigenvalue weighted by Crippen LogP contribution is -2.34. The highest BCUT2D eigenvalue weighted by molar-refractivity contribution is 7.59. The van der Waals surface area contributed by atoms with Crippen LogP contribution in [-0.4, -0.2) is 72.8 Å². The molecule has 11 nitrogen and oxygen atoms in total. The first kappa shape index (κ1) is 120. The number of aryl methyl sites for hydroxylation is 6. The van der Waals surface area contributed by atoms with Crippen LogP contribution >= 0.6 is 38.3 Å². The largest absolute Gasteiger partial charge is 0.479 e. The van der Waals surface area contributed by atoms with Crippen LogP contribution in [0.4, 0.5) is 87.8 Å². The number of halogens is 22. The van der Waals surface area contributed by atoms with Gasteiger partial charge in [-0.15, -0.1) is 24.8 Å². The highest BCUT2D eigenvalue weighted by atomic mass is 35.5. The third kappa shape index (κ3) is 36.6. The van der Waals surface area contributed by atoms with Crippen LogP contribution < -0.4 is 28.7 Å². The zero-order valence-electron chi connectivity index (χ0n) is 77.4. The second-order valence-electron chi connectivity index (χ2n) is 34.4. The number of allylic oxidation sites excluding steroid dienone is 5. The average molecular weight is 2060 g/mol. The first-order valence-corrected chi connectivity index (χ1v) is 44.6. The summed E-state index contributed by atoms with van der Waals surface area (Å²) < 4.78 is 264. The van der Waals surface area contributed by atoms with Crippen LogP contribution in [0.5, 0.6) is 0 Å². The number of rotatable bonds is 16. The van der Waals surface area contributed by atoms with Crippen LogP contribution in [0.3, 0.4) is 0 Å². The van der Waals surface area contributed by atoms with E-state index in [2.05, 4.69) is 6.58 Å². The van der Waals surface area contributed by atoms with Crippen molar-refractivity contribution < 1.29 is 117 Å². The number of benzene rings is 11. The van der Waals surface area contributed by atoms with Crippen molar-refractivity contribution in [2.24, 2.45) is 28.7 Å². The van der Waals surface area contributed by atoms with Crippen LogP contribution in [0.25, 0.3) is 0 Å². The summed E-state index contributed by atoms with van der Waals surface area (Å²) in [5.74, 6) is -3.68. The molecule has 0 saturated heterocycles. The predicted molar refractivity (Wildman–Crippen MR) is 520 cm³/mol. The van der Waals surface area contributed by atoms with E-state index in [1.165, 1.54) is 123 Å². The molecule has 0 amide bonds. The molecule has 9 unspecified atom stereocenters. The van der Waals surface area contributed by atoms with Gasteiger partial charge in [-0.25, -0.2) is 31.5 Å². The van der Waals surface area contributed by atoms with Gasteiger partial charge in [-0.05, 0) is 277 Å². The van der Waals surface area contributed by atoms with Gasteiger partial charge in [0.15, 0.2) is 12.2 Å². The molecule has 5 aliphatic rings. The van der Waals surface area contributed by atoms with E-state index in [9.17, 15) is 97.4 Å². The Bertz CT molecular complexity index is 5580. The van der Waals surface area contributed by atoms with Crippen LogP contribution in [-0.2, 0) is 102 Å². The molecule has 0 saturated carbocycles. The molecule has 0 bridgehead atoms. The number of hydrogen-bond acceptors (Lipinski definition) is 9. The van der Waals surface area contributed by atoms with Gasteiger partial charge < -0.3 is 48.4 Å². The van der Waals surface area contributed by atoms with E-state index < -0.39 is 77.3 Å². The van der Waals surface area contributed by atoms with Crippen molar-refractivity contribution in [3.8, 4) is 0 Å². The van der Waals surface area contributed by atoms with Crippen molar-refractivity contribution in [3.63, 3.8) is 0 Å². The second-order valence-corrected chi connectivity index (χ2v) is 34.4. The van der Waals surface area contributed by atoms with E-state index in [0.717, 1.165) is 106 Å². The molecule has 11 aromatic rings. The molecular weight excluding hydrogens is 1950 g/mol. The quantitative estimate of drug-likeness (QED) is 0.0356. The highest BCUT2D eigenvalue weighted by Crippen LogP contribution is 2.43. The number of ether oxygens (including phenoxy) is 2.